The molecule has 0 saturated carbocycles. The van der Waals surface area contributed by atoms with E-state index < -0.39 is 11.9 Å². The van der Waals surface area contributed by atoms with Crippen molar-refractivity contribution < 1.29 is 18.0 Å². The molecule has 10 heteroatoms. The Balaban J connectivity index is 1.46. The highest BCUT2D eigenvalue weighted by Gasteiger charge is 2.35. The third kappa shape index (κ3) is 3.61. The fraction of sp³-hybridized carbons (Fsp3) is 0.353. The van der Waals surface area contributed by atoms with Crippen LogP contribution < -0.4 is 5.32 Å². The Morgan fingerprint density at radius 2 is 2.19 bits per heavy atom. The molecule has 1 aliphatic rings. The number of hydrogen-bond acceptors (Lipinski definition) is 4. The number of carbonyl (C=O) groups is 1. The summed E-state index contributed by atoms with van der Waals surface area (Å²) < 4.78 is 40.1. The van der Waals surface area contributed by atoms with Crippen molar-refractivity contribution in [1.82, 2.24) is 19.3 Å². The monoisotopic (exact) mass is 395 g/mol. The number of hydrogen-bond donors (Lipinski definition) is 1. The molecule has 3 aromatic rings. The first-order valence-electron chi connectivity index (χ1n) is 8.42. The molecular formula is C17H16F3N5OS. The van der Waals surface area contributed by atoms with Crippen LogP contribution in [0.2, 0.25) is 0 Å². The largest absolute Gasteiger partial charge is 0.434 e. The van der Waals surface area contributed by atoms with Crippen LogP contribution in [0.5, 0.6) is 0 Å². The molecule has 4 heterocycles. The van der Waals surface area contributed by atoms with Crippen molar-refractivity contribution in [2.75, 3.05) is 18.4 Å². The van der Waals surface area contributed by atoms with E-state index in [9.17, 15) is 18.0 Å². The van der Waals surface area contributed by atoms with Crippen molar-refractivity contribution in [3.63, 3.8) is 0 Å². The van der Waals surface area contributed by atoms with Crippen LogP contribution in [0, 0.1) is 0 Å². The van der Waals surface area contributed by atoms with Crippen molar-refractivity contribution in [1.29, 1.82) is 0 Å². The minimum Gasteiger partial charge on any atom is -0.324 e. The van der Waals surface area contributed by atoms with Crippen LogP contribution in [0.4, 0.5) is 23.8 Å². The molecule has 0 bridgehead atoms. The highest BCUT2D eigenvalue weighted by atomic mass is 32.1. The Labute approximate surface area is 156 Å². The fourth-order valence-corrected chi connectivity index (χ4v) is 4.14. The van der Waals surface area contributed by atoms with Crippen LogP contribution in [-0.4, -0.2) is 38.4 Å². The Morgan fingerprint density at radius 1 is 1.33 bits per heavy atom. The molecule has 142 valence electrons. The number of thiazole rings is 1. The molecule has 27 heavy (non-hydrogen) atoms. The predicted molar refractivity (Wildman–Crippen MR) is 94.9 cm³/mol. The number of halogens is 3. The van der Waals surface area contributed by atoms with Crippen LogP contribution in [0.15, 0.2) is 36.0 Å². The molecular weight excluding hydrogens is 379 g/mol. The third-order valence-corrected chi connectivity index (χ3v) is 5.53. The standard InChI is InChI=1S/C17H16F3N5OS/c18-17(19,20)12-10-27-15(22-12)11-4-3-6-24(9-11)16(26)23-14-8-21-13-5-1-2-7-25(13)14/h1-2,5,7-8,10-11H,3-4,6,9H2,(H,23,26). The Bertz CT molecular complexity index is 967. The second-order valence-electron chi connectivity index (χ2n) is 6.36. The topological polar surface area (TPSA) is 62.5 Å². The lowest BCUT2D eigenvalue weighted by atomic mass is 9.99. The maximum absolute atomic E-state index is 12.8. The molecule has 1 atom stereocenters. The summed E-state index contributed by atoms with van der Waals surface area (Å²) in [4.78, 5) is 22.2. The van der Waals surface area contributed by atoms with E-state index in [2.05, 4.69) is 15.3 Å². The van der Waals surface area contributed by atoms with E-state index in [-0.39, 0.29) is 11.9 Å². The molecule has 1 unspecified atom stereocenters. The highest BCUT2D eigenvalue weighted by molar-refractivity contribution is 7.09. The highest BCUT2D eigenvalue weighted by Crippen LogP contribution is 2.35. The zero-order valence-corrected chi connectivity index (χ0v) is 14.9. The first-order valence-corrected chi connectivity index (χ1v) is 9.30. The molecule has 1 fully saturated rings. The number of nitrogens with zero attached hydrogens (tertiary/aromatic N) is 4. The lowest BCUT2D eigenvalue weighted by Gasteiger charge is -2.31. The first-order chi connectivity index (χ1) is 12.9. The number of urea groups is 1. The zero-order chi connectivity index (χ0) is 19.0. The second kappa shape index (κ2) is 6.84. The molecule has 4 rings (SSSR count). The van der Waals surface area contributed by atoms with Gasteiger partial charge in [-0.1, -0.05) is 6.07 Å². The summed E-state index contributed by atoms with van der Waals surface area (Å²) in [5.41, 5.74) is -0.151. The van der Waals surface area contributed by atoms with Crippen molar-refractivity contribution in [3.05, 3.63) is 46.7 Å². The van der Waals surface area contributed by atoms with E-state index in [1.54, 1.807) is 21.7 Å². The fourth-order valence-electron chi connectivity index (χ4n) is 3.18. The van der Waals surface area contributed by atoms with Gasteiger partial charge in [0.15, 0.2) is 5.69 Å². The normalized spacial score (nSPS) is 18.0. The van der Waals surface area contributed by atoms with Gasteiger partial charge in [0, 0.05) is 30.6 Å². The molecule has 3 aromatic heterocycles. The summed E-state index contributed by atoms with van der Waals surface area (Å²) in [6.07, 6.45) is 0.357. The van der Waals surface area contributed by atoms with E-state index >= 15 is 0 Å². The van der Waals surface area contributed by atoms with Gasteiger partial charge in [0.2, 0.25) is 0 Å². The van der Waals surface area contributed by atoms with Crippen molar-refractivity contribution in [3.8, 4) is 0 Å². The molecule has 1 N–H and O–H groups in total. The van der Waals surface area contributed by atoms with Crippen molar-refractivity contribution >= 4 is 28.8 Å². The minimum atomic E-state index is -4.44. The number of rotatable bonds is 2. The molecule has 0 radical (unpaired) electrons. The van der Waals surface area contributed by atoms with Crippen LogP contribution in [0.1, 0.15) is 29.5 Å². The summed E-state index contributed by atoms with van der Waals surface area (Å²) in [5, 5.41) is 4.29. The van der Waals surface area contributed by atoms with Gasteiger partial charge in [-0.25, -0.2) is 14.8 Å². The maximum Gasteiger partial charge on any atom is 0.434 e. The van der Waals surface area contributed by atoms with Gasteiger partial charge < -0.3 is 4.90 Å². The molecule has 6 nitrogen and oxygen atoms in total. The number of anilines is 1. The predicted octanol–water partition coefficient (Wildman–Crippen LogP) is 4.22. The lowest BCUT2D eigenvalue weighted by Crippen LogP contribution is -2.41. The number of piperidine rings is 1. The summed E-state index contributed by atoms with van der Waals surface area (Å²) in [5.74, 6) is 0.360. The number of fused-ring (bicyclic) bond motifs is 1. The van der Waals surface area contributed by atoms with Gasteiger partial charge in [-0.15, -0.1) is 11.3 Å². The van der Waals surface area contributed by atoms with Crippen molar-refractivity contribution in [2.45, 2.75) is 24.9 Å². The molecule has 1 aliphatic heterocycles. The SMILES string of the molecule is O=C(Nc1cnc2ccccn12)N1CCCC(c2nc(C(F)(F)F)cs2)C1. The number of likely N-dealkylation sites (tertiary alicyclic amines) is 1. The van der Waals surface area contributed by atoms with Gasteiger partial charge in [0.1, 0.15) is 11.5 Å². The number of pyridine rings is 1. The molecule has 0 aliphatic carbocycles. The van der Waals surface area contributed by atoms with E-state index in [0.717, 1.165) is 16.7 Å². The van der Waals surface area contributed by atoms with E-state index in [1.165, 1.54) is 0 Å². The number of amides is 2. The lowest BCUT2D eigenvalue weighted by molar-refractivity contribution is -0.140. The summed E-state index contributed by atoms with van der Waals surface area (Å²) in [6, 6.07) is 5.22. The van der Waals surface area contributed by atoms with Gasteiger partial charge in [-0.3, -0.25) is 9.72 Å². The molecule has 2 amide bonds. The number of carbonyl (C=O) groups excluding carboxylic acids is 1. The quantitative estimate of drug-likeness (QED) is 0.707. The van der Waals surface area contributed by atoms with Crippen LogP contribution >= 0.6 is 11.3 Å². The molecule has 1 saturated heterocycles. The van der Waals surface area contributed by atoms with Gasteiger partial charge >= 0.3 is 12.2 Å². The summed E-state index contributed by atoms with van der Waals surface area (Å²) in [7, 11) is 0. The van der Waals surface area contributed by atoms with Crippen molar-refractivity contribution in [2.24, 2.45) is 0 Å². The summed E-state index contributed by atoms with van der Waals surface area (Å²) >= 11 is 1.00. The van der Waals surface area contributed by atoms with Crippen LogP contribution in [0.25, 0.3) is 5.65 Å². The number of alkyl halides is 3. The van der Waals surface area contributed by atoms with Gasteiger partial charge in [-0.2, -0.15) is 13.2 Å². The third-order valence-electron chi connectivity index (χ3n) is 4.52. The maximum atomic E-state index is 12.8. The molecule has 0 aromatic carbocycles. The average Bonchev–Trinajstić information content (AvgIpc) is 3.30. The number of imidazole rings is 1. The molecule has 0 spiro atoms. The zero-order valence-electron chi connectivity index (χ0n) is 14.1. The van der Waals surface area contributed by atoms with E-state index in [0.29, 0.717) is 42.4 Å². The van der Waals surface area contributed by atoms with Crippen LogP contribution in [-0.2, 0) is 6.18 Å². The Kier molecular flexibility index (Phi) is 4.50. The second-order valence-corrected chi connectivity index (χ2v) is 7.25. The van der Waals surface area contributed by atoms with E-state index in [4.69, 9.17) is 0 Å². The van der Waals surface area contributed by atoms with E-state index in [1.807, 2.05) is 18.2 Å². The van der Waals surface area contributed by atoms with Gasteiger partial charge in [0.25, 0.3) is 0 Å². The number of aromatic nitrogens is 3. The van der Waals surface area contributed by atoms with Gasteiger partial charge in [-0.05, 0) is 25.0 Å². The Morgan fingerprint density at radius 3 is 2.96 bits per heavy atom. The number of nitrogens with one attached hydrogen (secondary N) is 1. The Hall–Kier alpha value is -2.62. The summed E-state index contributed by atoms with van der Waals surface area (Å²) in [6.45, 7) is 0.893. The minimum absolute atomic E-state index is 0.187. The first kappa shape index (κ1) is 17.8. The smallest absolute Gasteiger partial charge is 0.324 e. The van der Waals surface area contributed by atoms with Gasteiger partial charge in [0.05, 0.1) is 11.2 Å². The average molecular weight is 395 g/mol. The van der Waals surface area contributed by atoms with Crippen LogP contribution in [0.3, 0.4) is 0 Å².